The van der Waals surface area contributed by atoms with Crippen molar-refractivity contribution in [1.82, 2.24) is 5.43 Å². The van der Waals surface area contributed by atoms with Crippen molar-refractivity contribution in [3.63, 3.8) is 0 Å². The summed E-state index contributed by atoms with van der Waals surface area (Å²) in [7, 11) is 0. The lowest BCUT2D eigenvalue weighted by Crippen LogP contribution is -2.26. The van der Waals surface area contributed by atoms with Crippen LogP contribution in [0.5, 0.6) is 0 Å². The Balaban J connectivity index is 2.00. The molecule has 2 N–H and O–H groups in total. The smallest absolute Gasteiger partial charge is 0.273 e. The fourth-order valence-corrected chi connectivity index (χ4v) is 2.20. The number of rotatable bonds is 4. The number of aliphatic hydroxyl groups excluding tert-OH is 1. The van der Waals surface area contributed by atoms with E-state index in [1.54, 1.807) is 42.5 Å². The minimum Gasteiger partial charge on any atom is -0.378 e. The molecule has 1 aromatic carbocycles. The molecule has 98 valence electrons. The normalized spacial score (nSPS) is 13.1. The summed E-state index contributed by atoms with van der Waals surface area (Å²) in [4.78, 5) is 12.7. The molecule has 0 radical (unpaired) electrons. The molecule has 19 heavy (non-hydrogen) atoms. The van der Waals surface area contributed by atoms with Crippen LogP contribution in [0.15, 0.2) is 52.9 Å². The summed E-state index contributed by atoms with van der Waals surface area (Å²) in [5, 5.41) is 15.8. The van der Waals surface area contributed by atoms with Crippen LogP contribution in [0, 0.1) is 0 Å². The zero-order chi connectivity index (χ0) is 13.7. The highest BCUT2D eigenvalue weighted by Crippen LogP contribution is 2.12. The van der Waals surface area contributed by atoms with Gasteiger partial charge in [0.25, 0.3) is 5.91 Å². The molecule has 2 aromatic rings. The molecule has 1 atom stereocenters. The molecule has 1 amide bonds. The van der Waals surface area contributed by atoms with Gasteiger partial charge in [-0.15, -0.1) is 11.3 Å². The molecule has 0 fully saturated rings. The summed E-state index contributed by atoms with van der Waals surface area (Å²) >= 11 is 1.54. The Hall–Kier alpha value is -1.98. The summed E-state index contributed by atoms with van der Waals surface area (Å²) in [5.41, 5.74) is 3.63. The van der Waals surface area contributed by atoms with Crippen molar-refractivity contribution >= 4 is 23.0 Å². The van der Waals surface area contributed by atoms with Crippen molar-refractivity contribution in [2.24, 2.45) is 5.10 Å². The van der Waals surface area contributed by atoms with Crippen LogP contribution in [0.4, 0.5) is 0 Å². The van der Waals surface area contributed by atoms with Crippen molar-refractivity contribution in [1.29, 1.82) is 0 Å². The fraction of sp³-hybridized carbons (Fsp3) is 0.143. The van der Waals surface area contributed by atoms with Gasteiger partial charge in [0.1, 0.15) is 0 Å². The third-order valence-electron chi connectivity index (χ3n) is 2.58. The number of amides is 1. The van der Waals surface area contributed by atoms with Crippen molar-refractivity contribution in [3.05, 3.63) is 58.3 Å². The van der Waals surface area contributed by atoms with Gasteiger partial charge in [-0.3, -0.25) is 4.79 Å². The van der Waals surface area contributed by atoms with Crippen LogP contribution < -0.4 is 5.43 Å². The molecule has 1 heterocycles. The second-order valence-electron chi connectivity index (χ2n) is 3.96. The van der Waals surface area contributed by atoms with Crippen LogP contribution in [0.2, 0.25) is 0 Å². The maximum atomic E-state index is 11.8. The number of nitrogens with one attached hydrogen (secondary N) is 1. The van der Waals surface area contributed by atoms with Crippen LogP contribution in [-0.2, 0) is 4.79 Å². The van der Waals surface area contributed by atoms with Gasteiger partial charge in [-0.25, -0.2) is 5.43 Å². The zero-order valence-corrected chi connectivity index (χ0v) is 11.2. The van der Waals surface area contributed by atoms with Crippen molar-refractivity contribution < 1.29 is 9.90 Å². The number of hydrogen-bond donors (Lipinski definition) is 2. The van der Waals surface area contributed by atoms with Gasteiger partial charge in [-0.05, 0) is 23.9 Å². The first-order chi connectivity index (χ1) is 9.18. The zero-order valence-electron chi connectivity index (χ0n) is 10.4. The monoisotopic (exact) mass is 274 g/mol. The predicted molar refractivity (Wildman–Crippen MR) is 76.1 cm³/mol. The average molecular weight is 274 g/mol. The maximum absolute atomic E-state index is 11.8. The van der Waals surface area contributed by atoms with Gasteiger partial charge >= 0.3 is 0 Å². The predicted octanol–water partition coefficient (Wildman–Crippen LogP) is 2.32. The molecule has 1 aromatic heterocycles. The highest BCUT2D eigenvalue weighted by Gasteiger charge is 2.16. The van der Waals surface area contributed by atoms with Crippen LogP contribution in [0.1, 0.15) is 23.5 Å². The first-order valence-corrected chi connectivity index (χ1v) is 6.67. The summed E-state index contributed by atoms with van der Waals surface area (Å²) in [6, 6.07) is 12.6. The van der Waals surface area contributed by atoms with Crippen molar-refractivity contribution in [2.75, 3.05) is 0 Å². The number of nitrogens with zero attached hydrogens (tertiary/aromatic N) is 1. The average Bonchev–Trinajstić information content (AvgIpc) is 2.98. The Morgan fingerprint density at radius 2 is 2.00 bits per heavy atom. The topological polar surface area (TPSA) is 61.7 Å². The van der Waals surface area contributed by atoms with Gasteiger partial charge < -0.3 is 5.11 Å². The highest BCUT2D eigenvalue weighted by atomic mass is 32.1. The minimum absolute atomic E-state index is 0.540. The van der Waals surface area contributed by atoms with E-state index in [1.807, 2.05) is 23.6 Å². The summed E-state index contributed by atoms with van der Waals surface area (Å²) in [6.07, 6.45) is -1.21. The summed E-state index contributed by atoms with van der Waals surface area (Å²) in [6.45, 7) is 1.81. The van der Waals surface area contributed by atoms with E-state index in [2.05, 4.69) is 10.5 Å². The Morgan fingerprint density at radius 1 is 1.26 bits per heavy atom. The van der Waals surface area contributed by atoms with Gasteiger partial charge in [0, 0.05) is 4.88 Å². The molecule has 0 aliphatic heterocycles. The number of aliphatic hydroxyl groups is 1. The lowest BCUT2D eigenvalue weighted by molar-refractivity contribution is -0.129. The molecule has 0 saturated heterocycles. The van der Waals surface area contributed by atoms with Gasteiger partial charge in [-0.2, -0.15) is 5.10 Å². The molecule has 5 heteroatoms. The van der Waals surface area contributed by atoms with Crippen LogP contribution in [-0.4, -0.2) is 16.7 Å². The number of carbonyl (C=O) groups is 1. The molecule has 0 aliphatic rings. The van der Waals surface area contributed by atoms with Crippen LogP contribution >= 0.6 is 11.3 Å². The van der Waals surface area contributed by atoms with Gasteiger partial charge in [0.05, 0.1) is 5.71 Å². The molecule has 1 unspecified atom stereocenters. The van der Waals surface area contributed by atoms with E-state index in [-0.39, 0.29) is 0 Å². The van der Waals surface area contributed by atoms with E-state index in [4.69, 9.17) is 0 Å². The fourth-order valence-electron chi connectivity index (χ4n) is 1.53. The second-order valence-corrected chi connectivity index (χ2v) is 4.91. The molecule has 0 saturated carbocycles. The number of hydrogen-bond acceptors (Lipinski definition) is 4. The molecular formula is C14H14N2O2S. The van der Waals surface area contributed by atoms with Crippen LogP contribution in [0.3, 0.4) is 0 Å². The van der Waals surface area contributed by atoms with Gasteiger partial charge in [0.15, 0.2) is 6.10 Å². The third-order valence-corrected chi connectivity index (χ3v) is 3.55. The van der Waals surface area contributed by atoms with E-state index >= 15 is 0 Å². The first-order valence-electron chi connectivity index (χ1n) is 5.79. The van der Waals surface area contributed by atoms with Gasteiger partial charge in [-0.1, -0.05) is 36.4 Å². The Labute approximate surface area is 115 Å². The van der Waals surface area contributed by atoms with Crippen molar-refractivity contribution in [3.8, 4) is 0 Å². The summed E-state index contributed by atoms with van der Waals surface area (Å²) in [5.74, 6) is -0.540. The van der Waals surface area contributed by atoms with E-state index in [0.717, 1.165) is 4.88 Å². The van der Waals surface area contributed by atoms with E-state index in [9.17, 15) is 9.90 Å². The second kappa shape index (κ2) is 6.26. The maximum Gasteiger partial charge on any atom is 0.273 e. The number of carbonyl (C=O) groups excluding carboxylic acids is 1. The molecule has 0 aliphatic carbocycles. The lowest BCUT2D eigenvalue weighted by atomic mass is 10.1. The lowest BCUT2D eigenvalue weighted by Gasteiger charge is -2.09. The Kier molecular flexibility index (Phi) is 4.43. The molecular weight excluding hydrogens is 260 g/mol. The minimum atomic E-state index is -1.21. The third kappa shape index (κ3) is 3.49. The molecule has 4 nitrogen and oxygen atoms in total. The molecule has 0 spiro atoms. The number of hydrazone groups is 1. The largest absolute Gasteiger partial charge is 0.378 e. The van der Waals surface area contributed by atoms with Crippen molar-refractivity contribution in [2.45, 2.75) is 13.0 Å². The Morgan fingerprint density at radius 3 is 2.63 bits per heavy atom. The molecule has 2 rings (SSSR count). The SMILES string of the molecule is CC(=NNC(=O)C(O)c1ccccc1)c1cccs1. The van der Waals surface area contributed by atoms with E-state index < -0.39 is 12.0 Å². The number of benzene rings is 1. The first kappa shape index (κ1) is 13.5. The highest BCUT2D eigenvalue weighted by molar-refractivity contribution is 7.12. The number of thiophene rings is 1. The quantitative estimate of drug-likeness (QED) is 0.664. The van der Waals surface area contributed by atoms with E-state index in [1.165, 1.54) is 0 Å². The van der Waals surface area contributed by atoms with Gasteiger partial charge in [0.2, 0.25) is 0 Å². The standard InChI is InChI=1S/C14H14N2O2S/c1-10(12-8-5-9-19-12)15-16-14(18)13(17)11-6-3-2-4-7-11/h2-9,13,17H,1H3,(H,16,18). The van der Waals surface area contributed by atoms with Crippen LogP contribution in [0.25, 0.3) is 0 Å². The summed E-state index contributed by atoms with van der Waals surface area (Å²) < 4.78 is 0. The Bertz CT molecular complexity index is 564. The molecule has 0 bridgehead atoms. The van der Waals surface area contributed by atoms with E-state index in [0.29, 0.717) is 11.3 Å².